The van der Waals surface area contributed by atoms with Crippen molar-refractivity contribution in [1.29, 1.82) is 0 Å². The summed E-state index contributed by atoms with van der Waals surface area (Å²) >= 11 is 5.95. The largest absolute Gasteiger partial charge is 0.465 e. The fraction of sp³-hybridized carbons (Fsp3) is 0.133. The molecule has 2 aromatic carbocycles. The van der Waals surface area contributed by atoms with Gasteiger partial charge in [-0.25, -0.2) is 18.4 Å². The van der Waals surface area contributed by atoms with Crippen LogP contribution in [-0.2, 0) is 14.8 Å². The van der Waals surface area contributed by atoms with E-state index in [4.69, 9.17) is 16.7 Å². The van der Waals surface area contributed by atoms with Crippen LogP contribution in [0, 0.1) is 6.92 Å². The fourth-order valence-corrected chi connectivity index (χ4v) is 3.49. The first-order valence-electron chi connectivity index (χ1n) is 6.26. The van der Waals surface area contributed by atoms with E-state index < -0.39 is 16.0 Å². The van der Waals surface area contributed by atoms with Gasteiger partial charge in [-0.2, -0.15) is 0 Å². The molecular formula is C15H14ClNO4S. The first-order valence-corrected chi connectivity index (χ1v) is 8.18. The smallest absolute Gasteiger partial charge is 0.338 e. The predicted octanol–water partition coefficient (Wildman–Crippen LogP) is 2.75. The van der Waals surface area contributed by atoms with Gasteiger partial charge in [0.15, 0.2) is 0 Å². The third-order valence-electron chi connectivity index (χ3n) is 3.23. The predicted molar refractivity (Wildman–Crippen MR) is 84.3 cm³/mol. The van der Waals surface area contributed by atoms with Crippen LogP contribution < -0.4 is 5.14 Å². The highest BCUT2D eigenvalue weighted by Gasteiger charge is 2.23. The monoisotopic (exact) mass is 339 g/mol. The number of nitrogens with two attached hydrogens (primary N) is 1. The van der Waals surface area contributed by atoms with E-state index in [1.165, 1.54) is 26.2 Å². The van der Waals surface area contributed by atoms with Crippen molar-refractivity contribution in [1.82, 2.24) is 0 Å². The first kappa shape index (κ1) is 16.5. The topological polar surface area (TPSA) is 86.5 Å². The summed E-state index contributed by atoms with van der Waals surface area (Å²) in [6.07, 6.45) is 0. The molecule has 0 aliphatic rings. The lowest BCUT2D eigenvalue weighted by atomic mass is 9.99. The summed E-state index contributed by atoms with van der Waals surface area (Å²) in [4.78, 5) is 11.6. The minimum Gasteiger partial charge on any atom is -0.465 e. The van der Waals surface area contributed by atoms with Crippen LogP contribution >= 0.6 is 11.6 Å². The molecule has 0 radical (unpaired) electrons. The van der Waals surface area contributed by atoms with Gasteiger partial charge in [0.1, 0.15) is 0 Å². The number of halogens is 1. The van der Waals surface area contributed by atoms with Gasteiger partial charge in [-0.05, 0) is 36.2 Å². The standard InChI is InChI=1S/C15H14ClNO4S/c1-9-12(15(18)21-2)6-7-13(14(9)22(17,19)20)10-4-3-5-11(16)8-10/h3-8H,1-2H3,(H2,17,19,20). The lowest BCUT2D eigenvalue weighted by Crippen LogP contribution is -2.17. The molecule has 0 saturated heterocycles. The number of rotatable bonds is 3. The lowest BCUT2D eigenvalue weighted by Gasteiger charge is -2.14. The number of carbonyl (C=O) groups is 1. The number of sulfonamides is 1. The zero-order valence-electron chi connectivity index (χ0n) is 12.0. The molecule has 0 aromatic heterocycles. The Morgan fingerprint density at radius 1 is 1.23 bits per heavy atom. The molecule has 2 rings (SSSR count). The van der Waals surface area contributed by atoms with E-state index in [9.17, 15) is 13.2 Å². The number of hydrogen-bond acceptors (Lipinski definition) is 4. The van der Waals surface area contributed by atoms with Crippen LogP contribution in [0.3, 0.4) is 0 Å². The van der Waals surface area contributed by atoms with Crippen molar-refractivity contribution in [2.75, 3.05) is 7.11 Å². The number of benzene rings is 2. The average Bonchev–Trinajstić information content (AvgIpc) is 2.44. The summed E-state index contributed by atoms with van der Waals surface area (Å²) in [6, 6.07) is 9.75. The summed E-state index contributed by atoms with van der Waals surface area (Å²) < 4.78 is 28.6. The van der Waals surface area contributed by atoms with Gasteiger partial charge in [0.25, 0.3) is 0 Å². The SMILES string of the molecule is COC(=O)c1ccc(-c2cccc(Cl)c2)c(S(N)(=O)=O)c1C. The highest BCUT2D eigenvalue weighted by Crippen LogP contribution is 2.32. The van der Waals surface area contributed by atoms with Crippen molar-refractivity contribution in [2.24, 2.45) is 5.14 Å². The Bertz CT molecular complexity index is 847. The van der Waals surface area contributed by atoms with Crippen LogP contribution in [0.2, 0.25) is 5.02 Å². The van der Waals surface area contributed by atoms with Crippen molar-refractivity contribution in [2.45, 2.75) is 11.8 Å². The molecule has 5 nitrogen and oxygen atoms in total. The molecule has 2 N–H and O–H groups in total. The maximum Gasteiger partial charge on any atom is 0.338 e. The van der Waals surface area contributed by atoms with Crippen molar-refractivity contribution >= 4 is 27.6 Å². The molecule has 0 fully saturated rings. The molecule has 0 heterocycles. The Hall–Kier alpha value is -1.89. The quantitative estimate of drug-likeness (QED) is 0.871. The van der Waals surface area contributed by atoms with Crippen LogP contribution in [-0.4, -0.2) is 21.5 Å². The Balaban J connectivity index is 2.81. The molecule has 0 aliphatic carbocycles. The van der Waals surface area contributed by atoms with Gasteiger partial charge in [0.2, 0.25) is 10.0 Å². The molecular weight excluding hydrogens is 326 g/mol. The van der Waals surface area contributed by atoms with Crippen molar-refractivity contribution in [3.8, 4) is 11.1 Å². The van der Waals surface area contributed by atoms with Crippen LogP contribution in [0.5, 0.6) is 0 Å². The van der Waals surface area contributed by atoms with Crippen LogP contribution in [0.1, 0.15) is 15.9 Å². The molecule has 2 aromatic rings. The number of carbonyl (C=O) groups excluding carboxylic acids is 1. The third kappa shape index (κ3) is 3.14. The van der Waals surface area contributed by atoms with E-state index in [0.717, 1.165) is 0 Å². The maximum absolute atomic E-state index is 12.0. The summed E-state index contributed by atoms with van der Waals surface area (Å²) in [5.41, 5.74) is 1.37. The molecule has 0 aliphatic heterocycles. The Morgan fingerprint density at radius 2 is 1.91 bits per heavy atom. The lowest BCUT2D eigenvalue weighted by molar-refractivity contribution is 0.0599. The van der Waals surface area contributed by atoms with Crippen molar-refractivity contribution in [3.05, 3.63) is 52.5 Å². The zero-order valence-corrected chi connectivity index (χ0v) is 13.5. The molecule has 7 heteroatoms. The Morgan fingerprint density at radius 3 is 2.45 bits per heavy atom. The van der Waals surface area contributed by atoms with E-state index in [0.29, 0.717) is 16.1 Å². The van der Waals surface area contributed by atoms with Crippen LogP contribution in [0.4, 0.5) is 0 Å². The molecule has 0 bridgehead atoms. The summed E-state index contributed by atoms with van der Waals surface area (Å²) in [5, 5.41) is 5.80. The minimum absolute atomic E-state index is 0.113. The number of hydrogen-bond donors (Lipinski definition) is 1. The second kappa shape index (κ2) is 6.08. The second-order valence-electron chi connectivity index (χ2n) is 4.66. The highest BCUT2D eigenvalue weighted by atomic mass is 35.5. The number of ether oxygens (including phenoxy) is 1. The average molecular weight is 340 g/mol. The molecule has 0 atom stereocenters. The van der Waals surface area contributed by atoms with E-state index >= 15 is 0 Å². The number of primary sulfonamides is 1. The molecule has 0 unspecified atom stereocenters. The van der Waals surface area contributed by atoms with Crippen LogP contribution in [0.25, 0.3) is 11.1 Å². The molecule has 22 heavy (non-hydrogen) atoms. The van der Waals surface area contributed by atoms with Gasteiger partial charge in [-0.15, -0.1) is 0 Å². The second-order valence-corrected chi connectivity index (χ2v) is 6.60. The molecule has 0 saturated carbocycles. The van der Waals surface area contributed by atoms with Crippen molar-refractivity contribution < 1.29 is 17.9 Å². The van der Waals surface area contributed by atoms with Gasteiger partial charge >= 0.3 is 5.97 Å². The van der Waals surface area contributed by atoms with E-state index in [-0.39, 0.29) is 16.0 Å². The summed E-state index contributed by atoms with van der Waals surface area (Å²) in [5.74, 6) is -0.625. The molecule has 0 amide bonds. The van der Waals surface area contributed by atoms with E-state index in [1.807, 2.05) is 0 Å². The number of esters is 1. The zero-order chi connectivity index (χ0) is 16.5. The third-order valence-corrected chi connectivity index (χ3v) is 4.56. The molecule has 116 valence electrons. The summed E-state index contributed by atoms with van der Waals surface area (Å²) in [7, 11) is -2.81. The van der Waals surface area contributed by atoms with E-state index in [1.54, 1.807) is 24.3 Å². The van der Waals surface area contributed by atoms with Crippen molar-refractivity contribution in [3.63, 3.8) is 0 Å². The summed E-state index contributed by atoms with van der Waals surface area (Å²) in [6.45, 7) is 1.51. The van der Waals surface area contributed by atoms with E-state index in [2.05, 4.69) is 4.74 Å². The molecule has 0 spiro atoms. The van der Waals surface area contributed by atoms with Gasteiger partial charge in [0.05, 0.1) is 17.6 Å². The van der Waals surface area contributed by atoms with Gasteiger partial charge in [0, 0.05) is 10.6 Å². The normalized spacial score (nSPS) is 11.3. The highest BCUT2D eigenvalue weighted by molar-refractivity contribution is 7.89. The fourth-order valence-electron chi connectivity index (χ4n) is 2.27. The first-order chi connectivity index (χ1) is 10.3. The minimum atomic E-state index is -4.04. The van der Waals surface area contributed by atoms with Crippen LogP contribution in [0.15, 0.2) is 41.3 Å². The Labute approximate surface area is 133 Å². The van der Waals surface area contributed by atoms with Gasteiger partial charge in [-0.3, -0.25) is 0 Å². The Kier molecular flexibility index (Phi) is 4.55. The van der Waals surface area contributed by atoms with Gasteiger partial charge < -0.3 is 4.74 Å². The maximum atomic E-state index is 12.0. The number of methoxy groups -OCH3 is 1. The van der Waals surface area contributed by atoms with Gasteiger partial charge in [-0.1, -0.05) is 29.8 Å².